The van der Waals surface area contributed by atoms with Crippen LogP contribution in [0.15, 0.2) is 53.4 Å². The fourth-order valence-electron chi connectivity index (χ4n) is 3.82. The lowest BCUT2D eigenvalue weighted by Crippen LogP contribution is -2.58. The molecule has 0 fully saturated rings. The van der Waals surface area contributed by atoms with Gasteiger partial charge >= 0.3 is 30.2 Å². The first-order valence-corrected chi connectivity index (χ1v) is 13.5. The van der Waals surface area contributed by atoms with E-state index in [1.54, 1.807) is 0 Å². The molecule has 2 aromatic rings. The van der Waals surface area contributed by atoms with E-state index in [1.807, 2.05) is 0 Å². The number of aryl methyl sites for hydroxylation is 1. The maximum atomic E-state index is 14.7. The third kappa shape index (κ3) is 8.03. The highest BCUT2D eigenvalue weighted by molar-refractivity contribution is 7.89. The largest absolute Gasteiger partial charge is 0.481 e. The standard InChI is InChI=1S/C24H21ClF11NO4S/c25-16-8-10-17(11-9-16)42(40,41)37-20(24(34,35)36,15-6-4-14(5-7-15)2-1-3-18(38)39)12-13-21(27,28)22(29,30)19(26)23(31,32)33/h4-11,19,37H,1-3,12-13H2,(H,38,39). The van der Waals surface area contributed by atoms with E-state index in [-0.39, 0.29) is 29.8 Å². The second kappa shape index (κ2) is 12.5. The van der Waals surface area contributed by atoms with E-state index in [1.165, 1.54) is 4.72 Å². The number of nitrogens with one attached hydrogen (secondary N) is 1. The van der Waals surface area contributed by atoms with Crippen LogP contribution in [0.2, 0.25) is 5.02 Å². The molecular formula is C24H21ClF11NO4S. The van der Waals surface area contributed by atoms with Crippen molar-refractivity contribution in [1.82, 2.24) is 4.72 Å². The summed E-state index contributed by atoms with van der Waals surface area (Å²) in [5, 5.41) is 8.66. The molecule has 0 spiro atoms. The third-order valence-corrected chi connectivity index (χ3v) is 7.89. The molecule has 5 nitrogen and oxygen atoms in total. The van der Waals surface area contributed by atoms with Crippen LogP contribution in [-0.4, -0.2) is 49.9 Å². The molecule has 0 aliphatic heterocycles. The van der Waals surface area contributed by atoms with Crippen LogP contribution in [0.5, 0.6) is 0 Å². The minimum atomic E-state index is -6.52. The zero-order valence-corrected chi connectivity index (χ0v) is 22.4. The van der Waals surface area contributed by atoms with Gasteiger partial charge in [0.2, 0.25) is 10.0 Å². The highest BCUT2D eigenvalue weighted by Crippen LogP contribution is 2.50. The van der Waals surface area contributed by atoms with Gasteiger partial charge in [0, 0.05) is 17.9 Å². The van der Waals surface area contributed by atoms with Crippen LogP contribution in [0, 0.1) is 0 Å². The van der Waals surface area contributed by atoms with Crippen molar-refractivity contribution in [2.75, 3.05) is 0 Å². The van der Waals surface area contributed by atoms with Gasteiger partial charge in [-0.15, -0.1) is 0 Å². The Morgan fingerprint density at radius 2 is 1.38 bits per heavy atom. The number of alkyl halides is 11. The average molecular weight is 664 g/mol. The zero-order valence-electron chi connectivity index (χ0n) is 20.8. The topological polar surface area (TPSA) is 83.5 Å². The fourth-order valence-corrected chi connectivity index (χ4v) is 5.35. The molecule has 2 unspecified atom stereocenters. The molecule has 0 aliphatic rings. The SMILES string of the molecule is O=C(O)CCCc1ccc(C(CCC(F)(F)C(F)(F)C(F)C(F)(F)F)(NS(=O)(=O)c2ccc(Cl)cc2)C(F)(F)F)cc1. The third-order valence-electron chi connectivity index (χ3n) is 6.13. The lowest BCUT2D eigenvalue weighted by atomic mass is 9.83. The second-order valence-electron chi connectivity index (χ2n) is 9.14. The Labute approximate surface area is 236 Å². The van der Waals surface area contributed by atoms with Crippen LogP contribution in [0.4, 0.5) is 48.3 Å². The number of hydrogen-bond donors (Lipinski definition) is 2. The van der Waals surface area contributed by atoms with Crippen molar-refractivity contribution in [2.24, 2.45) is 0 Å². The number of halogens is 12. The molecule has 236 valence electrons. The van der Waals surface area contributed by atoms with Gasteiger partial charge in [0.1, 0.15) is 0 Å². The fraction of sp³-hybridized carbons (Fsp3) is 0.458. The van der Waals surface area contributed by atoms with Crippen molar-refractivity contribution in [2.45, 2.75) is 72.9 Å². The monoisotopic (exact) mass is 663 g/mol. The molecule has 2 atom stereocenters. The number of carbonyl (C=O) groups is 1. The quantitative estimate of drug-likeness (QED) is 0.218. The lowest BCUT2D eigenvalue weighted by molar-refractivity contribution is -0.309. The van der Waals surface area contributed by atoms with E-state index >= 15 is 0 Å². The minimum absolute atomic E-state index is 0.00171. The summed E-state index contributed by atoms with van der Waals surface area (Å²) in [5.74, 6) is -13.7. The summed E-state index contributed by atoms with van der Waals surface area (Å²) in [4.78, 5) is 9.80. The Hall–Kier alpha value is -2.66. The van der Waals surface area contributed by atoms with E-state index < -0.39 is 75.2 Å². The normalized spacial score (nSPS) is 15.7. The summed E-state index contributed by atoms with van der Waals surface area (Å²) < 4.78 is 179. The Morgan fingerprint density at radius 1 is 0.857 bits per heavy atom. The Balaban J connectivity index is 2.64. The molecule has 2 aromatic carbocycles. The highest BCUT2D eigenvalue weighted by Gasteiger charge is 2.70. The van der Waals surface area contributed by atoms with E-state index in [0.29, 0.717) is 12.1 Å². The van der Waals surface area contributed by atoms with Crippen molar-refractivity contribution in [3.05, 3.63) is 64.7 Å². The Kier molecular flexibility index (Phi) is 10.6. The summed E-state index contributed by atoms with van der Waals surface area (Å²) in [5.41, 5.74) is -5.05. The van der Waals surface area contributed by atoms with Crippen molar-refractivity contribution >= 4 is 27.6 Å². The van der Waals surface area contributed by atoms with Gasteiger partial charge in [0.15, 0.2) is 5.54 Å². The van der Waals surface area contributed by atoms with Crippen LogP contribution >= 0.6 is 11.6 Å². The number of hydrogen-bond acceptors (Lipinski definition) is 3. The number of benzene rings is 2. The molecule has 0 amide bonds. The molecule has 0 bridgehead atoms. The maximum Gasteiger partial charge on any atom is 0.425 e. The van der Waals surface area contributed by atoms with Gasteiger partial charge in [0.25, 0.3) is 6.17 Å². The minimum Gasteiger partial charge on any atom is -0.481 e. The predicted molar refractivity (Wildman–Crippen MR) is 127 cm³/mol. The van der Waals surface area contributed by atoms with E-state index in [0.717, 1.165) is 36.4 Å². The predicted octanol–water partition coefficient (Wildman–Crippen LogP) is 7.43. The molecule has 2 rings (SSSR count). The molecular weight excluding hydrogens is 643 g/mol. The molecule has 0 aromatic heterocycles. The van der Waals surface area contributed by atoms with Crippen LogP contribution in [0.3, 0.4) is 0 Å². The number of sulfonamides is 1. The zero-order chi connectivity index (χ0) is 32.4. The molecule has 2 N–H and O–H groups in total. The number of rotatable bonds is 13. The van der Waals surface area contributed by atoms with Crippen LogP contribution in [0.25, 0.3) is 0 Å². The summed E-state index contributed by atoms with van der Waals surface area (Å²) in [6.07, 6.45) is -23.2. The number of carboxylic acid groups (broad SMARTS) is 1. The van der Waals surface area contributed by atoms with Crippen molar-refractivity contribution in [1.29, 1.82) is 0 Å². The van der Waals surface area contributed by atoms with E-state index in [2.05, 4.69) is 0 Å². The molecule has 0 radical (unpaired) electrons. The average Bonchev–Trinajstić information content (AvgIpc) is 2.85. The van der Waals surface area contributed by atoms with Gasteiger partial charge in [-0.25, -0.2) is 12.8 Å². The molecule has 18 heteroatoms. The number of carboxylic acids is 1. The van der Waals surface area contributed by atoms with Crippen LogP contribution in [0.1, 0.15) is 36.8 Å². The first kappa shape index (κ1) is 35.5. The molecule has 0 saturated heterocycles. The van der Waals surface area contributed by atoms with Crippen LogP contribution in [-0.2, 0) is 26.8 Å². The summed E-state index contributed by atoms with van der Waals surface area (Å²) in [6, 6.07) is 6.50. The van der Waals surface area contributed by atoms with E-state index in [9.17, 15) is 61.5 Å². The Morgan fingerprint density at radius 3 is 1.83 bits per heavy atom. The summed E-state index contributed by atoms with van der Waals surface area (Å²) in [6.45, 7) is 0. The van der Waals surface area contributed by atoms with Gasteiger partial charge in [-0.3, -0.25) is 4.79 Å². The van der Waals surface area contributed by atoms with Crippen LogP contribution < -0.4 is 4.72 Å². The Bertz CT molecular complexity index is 1330. The first-order valence-electron chi connectivity index (χ1n) is 11.6. The molecule has 0 heterocycles. The van der Waals surface area contributed by atoms with Crippen molar-refractivity contribution < 1.29 is 66.6 Å². The maximum absolute atomic E-state index is 14.7. The molecule has 0 aliphatic carbocycles. The van der Waals surface area contributed by atoms with Crippen molar-refractivity contribution in [3.8, 4) is 0 Å². The van der Waals surface area contributed by atoms with Gasteiger partial charge in [0.05, 0.1) is 4.90 Å². The molecule has 42 heavy (non-hydrogen) atoms. The van der Waals surface area contributed by atoms with Gasteiger partial charge in [-0.2, -0.15) is 48.6 Å². The first-order chi connectivity index (χ1) is 19.0. The second-order valence-corrected chi connectivity index (χ2v) is 11.3. The van der Waals surface area contributed by atoms with E-state index in [4.69, 9.17) is 16.7 Å². The van der Waals surface area contributed by atoms with Crippen molar-refractivity contribution in [3.63, 3.8) is 0 Å². The van der Waals surface area contributed by atoms with Gasteiger partial charge in [-0.05, 0) is 54.7 Å². The number of aliphatic carboxylic acids is 1. The van der Waals surface area contributed by atoms with Gasteiger partial charge < -0.3 is 5.11 Å². The molecule has 0 saturated carbocycles. The lowest BCUT2D eigenvalue weighted by Gasteiger charge is -2.39. The van der Waals surface area contributed by atoms with Gasteiger partial charge in [-0.1, -0.05) is 35.9 Å². The highest BCUT2D eigenvalue weighted by atomic mass is 35.5. The summed E-state index contributed by atoms with van der Waals surface area (Å²) in [7, 11) is -5.32. The summed E-state index contributed by atoms with van der Waals surface area (Å²) >= 11 is 5.64. The smallest absolute Gasteiger partial charge is 0.425 e.